The van der Waals surface area contributed by atoms with E-state index in [0.717, 1.165) is 49.5 Å². The first-order chi connectivity index (χ1) is 12.8. The van der Waals surface area contributed by atoms with E-state index in [4.69, 9.17) is 0 Å². The number of nitrogens with one attached hydrogen (secondary N) is 1. The molecule has 0 saturated carbocycles. The number of rotatable bonds is 2. The molecule has 2 unspecified atom stereocenters. The van der Waals surface area contributed by atoms with Crippen LogP contribution >= 0.6 is 0 Å². The first kappa shape index (κ1) is 15.2. The van der Waals surface area contributed by atoms with E-state index in [1.807, 2.05) is 29.2 Å². The van der Waals surface area contributed by atoms with Crippen LogP contribution in [-0.4, -0.2) is 61.9 Å². The number of anilines is 1. The standard InChI is InChI=1S/C18H19N7O/c26-17(13-3-5-15-16(8-13)22-23-21-15)25-10-12-2-4-14(25)11-24(9-12)18-19-6-1-7-20-18/h1,3,5-8,12,14H,2,4,9-11H2,(H,21,22,23). The number of fused-ring (bicyclic) bond motifs is 5. The number of aromatic nitrogens is 5. The third kappa shape index (κ3) is 2.58. The molecule has 3 aliphatic rings. The Morgan fingerprint density at radius 2 is 1.88 bits per heavy atom. The Kier molecular flexibility index (Phi) is 3.55. The van der Waals surface area contributed by atoms with E-state index < -0.39 is 0 Å². The molecule has 3 fully saturated rings. The maximum atomic E-state index is 13.2. The van der Waals surface area contributed by atoms with Gasteiger partial charge in [-0.3, -0.25) is 4.79 Å². The Bertz CT molecular complexity index is 941. The van der Waals surface area contributed by atoms with Crippen molar-refractivity contribution in [2.24, 2.45) is 5.92 Å². The summed E-state index contributed by atoms with van der Waals surface area (Å²) < 4.78 is 0. The molecular weight excluding hydrogens is 330 g/mol. The van der Waals surface area contributed by atoms with Crippen LogP contribution < -0.4 is 4.90 Å². The topological polar surface area (TPSA) is 90.9 Å². The summed E-state index contributed by atoms with van der Waals surface area (Å²) in [7, 11) is 0. The average Bonchev–Trinajstić information content (AvgIpc) is 2.97. The summed E-state index contributed by atoms with van der Waals surface area (Å²) in [5.74, 6) is 1.26. The van der Waals surface area contributed by atoms with Crippen LogP contribution in [0.15, 0.2) is 36.7 Å². The van der Waals surface area contributed by atoms with E-state index in [1.54, 1.807) is 12.4 Å². The highest BCUT2D eigenvalue weighted by molar-refractivity contribution is 5.97. The normalized spacial score (nSPS) is 22.6. The summed E-state index contributed by atoms with van der Waals surface area (Å²) in [6.07, 6.45) is 5.70. The van der Waals surface area contributed by atoms with Gasteiger partial charge in [0.25, 0.3) is 5.91 Å². The second-order valence-electron chi connectivity index (χ2n) is 7.04. The highest BCUT2D eigenvalue weighted by Crippen LogP contribution is 2.30. The van der Waals surface area contributed by atoms with Crippen molar-refractivity contribution in [3.8, 4) is 0 Å². The van der Waals surface area contributed by atoms with Crippen LogP contribution in [0, 0.1) is 5.92 Å². The van der Waals surface area contributed by atoms with Crippen LogP contribution in [-0.2, 0) is 0 Å². The van der Waals surface area contributed by atoms with Gasteiger partial charge in [-0.1, -0.05) is 0 Å². The minimum atomic E-state index is 0.0698. The number of amides is 1. The Hall–Kier alpha value is -3.03. The lowest BCUT2D eigenvalue weighted by Crippen LogP contribution is -2.47. The van der Waals surface area contributed by atoms with Gasteiger partial charge in [-0.2, -0.15) is 15.4 Å². The van der Waals surface area contributed by atoms with Gasteiger partial charge in [0.15, 0.2) is 0 Å². The van der Waals surface area contributed by atoms with Crippen molar-refractivity contribution >= 4 is 22.9 Å². The number of H-pyrrole nitrogens is 1. The summed E-state index contributed by atoms with van der Waals surface area (Å²) in [6.45, 7) is 2.45. The fourth-order valence-electron chi connectivity index (χ4n) is 4.09. The predicted molar refractivity (Wildman–Crippen MR) is 95.7 cm³/mol. The second kappa shape index (κ2) is 6.05. The van der Waals surface area contributed by atoms with Crippen molar-refractivity contribution in [3.05, 3.63) is 42.2 Å². The van der Waals surface area contributed by atoms with Gasteiger partial charge in [0.1, 0.15) is 11.0 Å². The Labute approximate surface area is 150 Å². The molecule has 0 aliphatic carbocycles. The minimum absolute atomic E-state index is 0.0698. The van der Waals surface area contributed by atoms with Gasteiger partial charge in [-0.25, -0.2) is 9.97 Å². The van der Waals surface area contributed by atoms with Crippen LogP contribution in [0.4, 0.5) is 5.95 Å². The molecule has 2 atom stereocenters. The Balaban J connectivity index is 1.42. The molecule has 3 saturated heterocycles. The molecule has 8 nitrogen and oxygen atoms in total. The molecule has 132 valence electrons. The number of nitrogens with zero attached hydrogens (tertiary/aromatic N) is 6. The molecule has 2 aromatic heterocycles. The Morgan fingerprint density at radius 1 is 1.04 bits per heavy atom. The molecule has 3 aliphatic heterocycles. The van der Waals surface area contributed by atoms with E-state index >= 15 is 0 Å². The molecule has 2 bridgehead atoms. The summed E-state index contributed by atoms with van der Waals surface area (Å²) >= 11 is 0. The fraction of sp³-hybridized carbons (Fsp3) is 0.389. The number of carbonyl (C=O) groups excluding carboxylic acids is 1. The molecule has 1 N–H and O–H groups in total. The number of carbonyl (C=O) groups is 1. The second-order valence-corrected chi connectivity index (χ2v) is 7.04. The fourth-order valence-corrected chi connectivity index (χ4v) is 4.09. The smallest absolute Gasteiger partial charge is 0.254 e. The van der Waals surface area contributed by atoms with Gasteiger partial charge >= 0.3 is 0 Å². The van der Waals surface area contributed by atoms with E-state index in [2.05, 4.69) is 30.3 Å². The third-order valence-electron chi connectivity index (χ3n) is 5.37. The number of hydrogen-bond donors (Lipinski definition) is 1. The monoisotopic (exact) mass is 349 g/mol. The summed E-state index contributed by atoms with van der Waals surface area (Å²) in [5.41, 5.74) is 2.16. The van der Waals surface area contributed by atoms with Gasteiger partial charge < -0.3 is 9.80 Å². The van der Waals surface area contributed by atoms with Gasteiger partial charge in [0.05, 0.1) is 0 Å². The van der Waals surface area contributed by atoms with Gasteiger partial charge in [-0.05, 0) is 43.0 Å². The van der Waals surface area contributed by atoms with Gasteiger partial charge in [0, 0.05) is 43.6 Å². The third-order valence-corrected chi connectivity index (χ3v) is 5.37. The van der Waals surface area contributed by atoms with Crippen molar-refractivity contribution < 1.29 is 4.79 Å². The zero-order valence-electron chi connectivity index (χ0n) is 14.2. The van der Waals surface area contributed by atoms with Crippen molar-refractivity contribution in [1.29, 1.82) is 0 Å². The molecule has 0 radical (unpaired) electrons. The maximum absolute atomic E-state index is 13.2. The first-order valence-electron chi connectivity index (χ1n) is 8.91. The van der Waals surface area contributed by atoms with E-state index in [9.17, 15) is 4.79 Å². The van der Waals surface area contributed by atoms with Crippen molar-refractivity contribution in [1.82, 2.24) is 30.3 Å². The highest BCUT2D eigenvalue weighted by Gasteiger charge is 2.38. The van der Waals surface area contributed by atoms with Crippen molar-refractivity contribution in [3.63, 3.8) is 0 Å². The van der Waals surface area contributed by atoms with E-state index in [1.165, 1.54) is 0 Å². The van der Waals surface area contributed by atoms with Gasteiger partial charge in [-0.15, -0.1) is 0 Å². The van der Waals surface area contributed by atoms with Crippen LogP contribution in [0.25, 0.3) is 11.0 Å². The number of piperidine rings is 1. The summed E-state index contributed by atoms with van der Waals surface area (Å²) in [4.78, 5) is 26.2. The largest absolute Gasteiger partial charge is 0.338 e. The number of aromatic amines is 1. The van der Waals surface area contributed by atoms with Crippen LogP contribution in [0.3, 0.4) is 0 Å². The first-order valence-corrected chi connectivity index (χ1v) is 8.91. The molecule has 0 spiro atoms. The highest BCUT2D eigenvalue weighted by atomic mass is 16.2. The van der Waals surface area contributed by atoms with Crippen LogP contribution in [0.5, 0.6) is 0 Å². The lowest BCUT2D eigenvalue weighted by molar-refractivity contribution is 0.0592. The van der Waals surface area contributed by atoms with Crippen molar-refractivity contribution in [2.75, 3.05) is 24.5 Å². The maximum Gasteiger partial charge on any atom is 0.254 e. The molecule has 26 heavy (non-hydrogen) atoms. The lowest BCUT2D eigenvalue weighted by Gasteiger charge is -2.36. The molecule has 1 aromatic carbocycles. The molecule has 5 heterocycles. The lowest BCUT2D eigenvalue weighted by atomic mass is 9.94. The van der Waals surface area contributed by atoms with Crippen molar-refractivity contribution in [2.45, 2.75) is 18.9 Å². The van der Waals surface area contributed by atoms with Gasteiger partial charge in [0.2, 0.25) is 5.95 Å². The minimum Gasteiger partial charge on any atom is -0.338 e. The predicted octanol–water partition coefficient (Wildman–Crippen LogP) is 1.49. The quantitative estimate of drug-likeness (QED) is 0.754. The zero-order valence-corrected chi connectivity index (χ0v) is 14.2. The molecular formula is C18H19N7O. The zero-order chi connectivity index (χ0) is 17.5. The van der Waals surface area contributed by atoms with Crippen LogP contribution in [0.2, 0.25) is 0 Å². The Morgan fingerprint density at radius 3 is 2.77 bits per heavy atom. The molecule has 1 amide bonds. The summed E-state index contributed by atoms with van der Waals surface area (Å²) in [5, 5.41) is 10.7. The van der Waals surface area contributed by atoms with E-state index in [-0.39, 0.29) is 11.9 Å². The summed E-state index contributed by atoms with van der Waals surface area (Å²) in [6, 6.07) is 7.50. The molecule has 3 aromatic rings. The SMILES string of the molecule is O=C(c1ccc2n[nH]nc2c1)N1CC2CCC1CN(c1ncccn1)C2. The molecule has 6 rings (SSSR count). The molecule has 8 heteroatoms. The van der Waals surface area contributed by atoms with Crippen LogP contribution in [0.1, 0.15) is 23.2 Å². The van der Waals surface area contributed by atoms with E-state index in [0.29, 0.717) is 11.5 Å². The number of hydrogen-bond acceptors (Lipinski definition) is 6. The average molecular weight is 349 g/mol. The number of benzene rings is 1.